The Morgan fingerprint density at radius 1 is 0.321 bits per heavy atom. The minimum atomic E-state index is -1.45. The van der Waals surface area contributed by atoms with E-state index < -0.39 is 10.8 Å². The number of nitrogens with zero attached hydrogens (tertiary/aromatic N) is 2. The van der Waals surface area contributed by atoms with Crippen molar-refractivity contribution in [2.75, 3.05) is 4.90 Å². The quantitative estimate of drug-likeness (QED) is 0.154. The van der Waals surface area contributed by atoms with Crippen molar-refractivity contribution >= 4 is 39.3 Å². The predicted molar refractivity (Wildman–Crippen MR) is 226 cm³/mol. The molecule has 0 saturated carbocycles. The van der Waals surface area contributed by atoms with E-state index in [0.29, 0.717) is 5.69 Å². The molecule has 4 heteroatoms. The Bertz CT molecular complexity index is 2710. The number of aromatic nitrogens is 1. The van der Waals surface area contributed by atoms with E-state index in [-0.39, 0.29) is 11.8 Å². The second-order valence-electron chi connectivity index (χ2n) is 14.4. The number of hydrogen-bond donors (Lipinski definition) is 0. The molecule has 1 aromatic heterocycles. The highest BCUT2D eigenvalue weighted by Gasteiger charge is 2.72. The van der Waals surface area contributed by atoms with Gasteiger partial charge in [0.05, 0.1) is 16.7 Å². The van der Waals surface area contributed by atoms with Crippen LogP contribution in [-0.4, -0.2) is 16.4 Å². The van der Waals surface area contributed by atoms with Gasteiger partial charge in [-0.25, -0.2) is 4.90 Å². The van der Waals surface area contributed by atoms with Crippen LogP contribution in [0.3, 0.4) is 0 Å². The molecule has 0 bridgehead atoms. The van der Waals surface area contributed by atoms with Crippen LogP contribution >= 0.6 is 0 Å². The molecule has 2 amide bonds. The van der Waals surface area contributed by atoms with Crippen LogP contribution in [0, 0.1) is 0 Å². The van der Waals surface area contributed by atoms with Gasteiger partial charge in [0.15, 0.2) is 0 Å². The summed E-state index contributed by atoms with van der Waals surface area (Å²) in [6.45, 7) is 0. The molecule has 2 heterocycles. The van der Waals surface area contributed by atoms with E-state index in [4.69, 9.17) is 0 Å². The molecule has 4 nitrogen and oxygen atoms in total. The number of hydrogen-bond acceptors (Lipinski definition) is 2. The van der Waals surface area contributed by atoms with E-state index in [0.717, 1.165) is 60.9 Å². The summed E-state index contributed by atoms with van der Waals surface area (Å²) in [6.07, 6.45) is 0. The maximum atomic E-state index is 16.0. The van der Waals surface area contributed by atoms with Crippen LogP contribution in [0.2, 0.25) is 0 Å². The first-order valence-corrected chi connectivity index (χ1v) is 18.9. The number of para-hydroxylation sites is 2. The van der Waals surface area contributed by atoms with E-state index in [1.807, 2.05) is 146 Å². The lowest BCUT2D eigenvalue weighted by atomic mass is 9.53. The molecule has 10 rings (SSSR count). The summed E-state index contributed by atoms with van der Waals surface area (Å²) in [4.78, 5) is 33.5. The number of benzene rings is 8. The molecule has 0 radical (unpaired) electrons. The van der Waals surface area contributed by atoms with Crippen molar-refractivity contribution < 1.29 is 9.59 Å². The van der Waals surface area contributed by atoms with Gasteiger partial charge in [-0.1, -0.05) is 176 Å². The molecule has 0 unspecified atom stereocenters. The van der Waals surface area contributed by atoms with E-state index in [1.165, 1.54) is 4.90 Å². The van der Waals surface area contributed by atoms with Crippen LogP contribution in [-0.2, 0) is 20.4 Å². The Morgan fingerprint density at radius 3 is 1.25 bits per heavy atom. The first-order valence-electron chi connectivity index (χ1n) is 18.9. The first kappa shape index (κ1) is 33.3. The molecular weight excluding hydrogens is 685 g/mol. The van der Waals surface area contributed by atoms with Crippen LogP contribution in [0.4, 0.5) is 5.69 Å². The topological polar surface area (TPSA) is 42.3 Å². The summed E-state index contributed by atoms with van der Waals surface area (Å²) in [6, 6.07) is 72.6. The number of fused-ring (bicyclic) bond motifs is 3. The Hall–Kier alpha value is -7.30. The fourth-order valence-electron chi connectivity index (χ4n) is 9.26. The number of carbonyl (C=O) groups excluding carboxylic acids is 2. The van der Waals surface area contributed by atoms with Gasteiger partial charge in [-0.15, -0.1) is 0 Å². The third-order valence-corrected chi connectivity index (χ3v) is 11.6. The largest absolute Gasteiger partial charge is 0.309 e. The Kier molecular flexibility index (Phi) is 7.86. The highest BCUT2D eigenvalue weighted by atomic mass is 16.2. The maximum absolute atomic E-state index is 16.0. The van der Waals surface area contributed by atoms with E-state index in [9.17, 15) is 0 Å². The second kappa shape index (κ2) is 13.2. The third-order valence-electron chi connectivity index (χ3n) is 11.6. The highest BCUT2D eigenvalue weighted by molar-refractivity contribution is 6.32. The summed E-state index contributed by atoms with van der Waals surface area (Å²) in [7, 11) is 0. The van der Waals surface area contributed by atoms with Crippen LogP contribution in [0.15, 0.2) is 218 Å². The van der Waals surface area contributed by atoms with Crippen molar-refractivity contribution in [2.24, 2.45) is 0 Å². The van der Waals surface area contributed by atoms with Gasteiger partial charge < -0.3 is 4.57 Å². The van der Waals surface area contributed by atoms with Gasteiger partial charge in [-0.05, 0) is 75.8 Å². The summed E-state index contributed by atoms with van der Waals surface area (Å²) < 4.78 is 2.30. The third kappa shape index (κ3) is 4.72. The lowest BCUT2D eigenvalue weighted by Gasteiger charge is -2.43. The lowest BCUT2D eigenvalue weighted by molar-refractivity contribution is -0.122. The van der Waals surface area contributed by atoms with E-state index in [2.05, 4.69) is 77.4 Å². The van der Waals surface area contributed by atoms with Crippen LogP contribution in [0.1, 0.15) is 22.3 Å². The van der Waals surface area contributed by atoms with Gasteiger partial charge in [-0.2, -0.15) is 0 Å². The van der Waals surface area contributed by atoms with Crippen LogP contribution in [0.5, 0.6) is 0 Å². The standard InChI is InChI=1S/C52H36N2O2/c55-49-51(39-20-6-1-7-21-39,40-22-8-2-9-23-40)52(41-24-10-3-11-25-41,42-26-12-4-13-27-42)50(56)54(49)44-30-18-19-37(35-44)38-33-34-48-46(36-38)45-31-16-17-32-47(45)53(48)43-28-14-5-15-29-43/h1-36H. The Balaban J connectivity index is 1.21. The van der Waals surface area contributed by atoms with Crippen molar-refractivity contribution in [2.45, 2.75) is 10.8 Å². The Morgan fingerprint density at radius 2 is 0.732 bits per heavy atom. The zero-order valence-electron chi connectivity index (χ0n) is 30.5. The van der Waals surface area contributed by atoms with Gasteiger partial charge >= 0.3 is 0 Å². The number of rotatable bonds is 7. The van der Waals surface area contributed by atoms with Crippen molar-refractivity contribution in [3.8, 4) is 16.8 Å². The maximum Gasteiger partial charge on any atom is 0.250 e. The van der Waals surface area contributed by atoms with Crippen molar-refractivity contribution in [3.05, 3.63) is 241 Å². The Labute approximate surface area is 325 Å². The van der Waals surface area contributed by atoms with Gasteiger partial charge in [0.2, 0.25) is 0 Å². The monoisotopic (exact) mass is 720 g/mol. The lowest BCUT2D eigenvalue weighted by Crippen LogP contribution is -2.53. The molecular formula is C52H36N2O2. The molecule has 0 aliphatic carbocycles. The predicted octanol–water partition coefficient (Wildman–Crippen LogP) is 11.3. The zero-order valence-corrected chi connectivity index (χ0v) is 30.5. The second-order valence-corrected chi connectivity index (χ2v) is 14.4. The van der Waals surface area contributed by atoms with E-state index >= 15 is 9.59 Å². The molecule has 1 aliphatic rings. The van der Waals surface area contributed by atoms with Gasteiger partial charge in [-0.3, -0.25) is 9.59 Å². The minimum absolute atomic E-state index is 0.300. The van der Waals surface area contributed by atoms with Crippen molar-refractivity contribution in [1.82, 2.24) is 4.57 Å². The van der Waals surface area contributed by atoms with Crippen molar-refractivity contribution in [3.63, 3.8) is 0 Å². The molecule has 0 N–H and O–H groups in total. The summed E-state index contributed by atoms with van der Waals surface area (Å²) in [5.41, 5.74) is 5.83. The van der Waals surface area contributed by atoms with Gasteiger partial charge in [0.1, 0.15) is 10.8 Å². The van der Waals surface area contributed by atoms with Gasteiger partial charge in [0.25, 0.3) is 11.8 Å². The molecule has 1 fully saturated rings. The molecule has 0 atom stereocenters. The summed E-state index contributed by atoms with van der Waals surface area (Å²) in [5.74, 6) is -0.600. The number of amides is 2. The highest BCUT2D eigenvalue weighted by Crippen LogP contribution is 2.59. The SMILES string of the molecule is O=C1N(c2cccc(-c3ccc4c(c3)c3ccccc3n4-c3ccccc3)c2)C(=O)C(c2ccccc2)(c2ccccc2)C1(c1ccccc1)c1ccccc1. The number of carbonyl (C=O) groups is 2. The minimum Gasteiger partial charge on any atom is -0.309 e. The number of imide groups is 1. The first-order chi connectivity index (χ1) is 27.6. The fraction of sp³-hybridized carbons (Fsp3) is 0.0385. The molecule has 266 valence electrons. The molecule has 8 aromatic carbocycles. The fourth-order valence-corrected chi connectivity index (χ4v) is 9.26. The molecule has 56 heavy (non-hydrogen) atoms. The molecule has 0 spiro atoms. The smallest absolute Gasteiger partial charge is 0.250 e. The van der Waals surface area contributed by atoms with Gasteiger partial charge in [0, 0.05) is 16.5 Å². The normalized spacial score (nSPS) is 14.8. The summed E-state index contributed by atoms with van der Waals surface area (Å²) >= 11 is 0. The number of anilines is 1. The van der Waals surface area contributed by atoms with Crippen LogP contribution < -0.4 is 4.90 Å². The van der Waals surface area contributed by atoms with E-state index in [1.54, 1.807) is 0 Å². The zero-order chi connectivity index (χ0) is 37.7. The average Bonchev–Trinajstić information content (AvgIpc) is 3.71. The summed E-state index contributed by atoms with van der Waals surface area (Å²) in [5, 5.41) is 2.28. The molecule has 9 aromatic rings. The average molecular weight is 721 g/mol. The molecule has 1 saturated heterocycles. The van der Waals surface area contributed by atoms with Crippen molar-refractivity contribution in [1.29, 1.82) is 0 Å². The molecule has 1 aliphatic heterocycles. The van der Waals surface area contributed by atoms with Crippen LogP contribution in [0.25, 0.3) is 38.6 Å².